The lowest BCUT2D eigenvalue weighted by molar-refractivity contribution is 0.810. The minimum Gasteiger partial charge on any atom is -0.330 e. The molecule has 0 fully saturated rings. The van der Waals surface area contributed by atoms with Gasteiger partial charge in [0, 0.05) is 5.39 Å². The number of nitrogens with two attached hydrogens (primary N) is 1. The van der Waals surface area contributed by atoms with Crippen LogP contribution in [0.5, 0.6) is 0 Å². The molecule has 0 unspecified atom stereocenters. The van der Waals surface area contributed by atoms with Crippen LogP contribution in [0.15, 0.2) is 41.2 Å². The minimum absolute atomic E-state index is 0.00958. The van der Waals surface area contributed by atoms with Gasteiger partial charge in [-0.25, -0.2) is 4.98 Å². The molecule has 2 rings (SSSR count). The number of para-hydroxylation sites is 1. The summed E-state index contributed by atoms with van der Waals surface area (Å²) < 4.78 is 0. The number of aryl methyl sites for hydroxylation is 1. The third-order valence-corrected chi connectivity index (χ3v) is 2.51. The highest BCUT2D eigenvalue weighted by Gasteiger charge is 2.00. The monoisotopic (exact) mass is 214 g/mol. The normalized spacial score (nSPS) is 10.6. The number of benzene rings is 1. The molecule has 0 aliphatic rings. The van der Waals surface area contributed by atoms with Crippen molar-refractivity contribution >= 4 is 10.9 Å². The van der Waals surface area contributed by atoms with Crippen molar-refractivity contribution in [1.29, 1.82) is 0 Å². The van der Waals surface area contributed by atoms with E-state index >= 15 is 0 Å². The summed E-state index contributed by atoms with van der Waals surface area (Å²) >= 11 is 0. The number of hydrogen-bond donors (Lipinski definition) is 1. The maximum atomic E-state index is 11.7. The molecule has 2 N–H and O–H groups in total. The lowest BCUT2D eigenvalue weighted by Gasteiger charge is -1.94. The Labute approximate surface area is 93.9 Å². The van der Waals surface area contributed by atoms with Crippen LogP contribution in [0.1, 0.15) is 12.1 Å². The van der Waals surface area contributed by atoms with Gasteiger partial charge >= 0.3 is 0 Å². The molecule has 1 aromatic heterocycles. The number of fused-ring (bicyclic) bond motifs is 1. The van der Waals surface area contributed by atoms with Gasteiger partial charge in [-0.3, -0.25) is 4.79 Å². The minimum atomic E-state index is -0.00958. The lowest BCUT2D eigenvalue weighted by Crippen LogP contribution is -2.09. The number of hydrogen-bond acceptors (Lipinski definition) is 3. The van der Waals surface area contributed by atoms with E-state index < -0.39 is 0 Å². The van der Waals surface area contributed by atoms with Crippen LogP contribution < -0.4 is 11.2 Å². The molecule has 0 saturated carbocycles. The van der Waals surface area contributed by atoms with Crippen LogP contribution in [0.2, 0.25) is 0 Å². The van der Waals surface area contributed by atoms with Gasteiger partial charge in [0.25, 0.3) is 0 Å². The summed E-state index contributed by atoms with van der Waals surface area (Å²) in [5, 5.41) is 0.985. The molecule has 16 heavy (non-hydrogen) atoms. The van der Waals surface area contributed by atoms with E-state index in [1.54, 1.807) is 6.07 Å². The summed E-state index contributed by atoms with van der Waals surface area (Å²) in [6.07, 6.45) is 1.44. The quantitative estimate of drug-likeness (QED) is 0.842. The van der Waals surface area contributed by atoms with E-state index in [9.17, 15) is 4.79 Å². The first-order chi connectivity index (χ1) is 7.81. The lowest BCUT2D eigenvalue weighted by atomic mass is 10.2. The summed E-state index contributed by atoms with van der Waals surface area (Å²) in [7, 11) is 0. The van der Waals surface area contributed by atoms with Crippen molar-refractivity contribution in [3.63, 3.8) is 0 Å². The first-order valence-electron chi connectivity index (χ1n) is 5.40. The first kappa shape index (κ1) is 10.8. The van der Waals surface area contributed by atoms with Crippen LogP contribution in [0.25, 0.3) is 10.9 Å². The van der Waals surface area contributed by atoms with E-state index in [1.165, 1.54) is 0 Å². The molecular weight excluding hydrogens is 200 g/mol. The Balaban J connectivity index is 2.57. The van der Waals surface area contributed by atoms with Gasteiger partial charge < -0.3 is 5.73 Å². The van der Waals surface area contributed by atoms with Gasteiger partial charge in [-0.1, -0.05) is 18.2 Å². The second-order valence-electron chi connectivity index (χ2n) is 3.71. The molecule has 0 saturated heterocycles. The van der Waals surface area contributed by atoms with Gasteiger partial charge in [0.1, 0.15) is 0 Å². The van der Waals surface area contributed by atoms with Crippen molar-refractivity contribution in [3.8, 4) is 0 Å². The Morgan fingerprint density at radius 3 is 2.75 bits per heavy atom. The number of nitrogens with zero attached hydrogens (tertiary/aromatic N) is 1. The molecule has 0 atom stereocenters. The molecule has 0 aliphatic heterocycles. The molecule has 3 nitrogen and oxygen atoms in total. The predicted octanol–water partition coefficient (Wildman–Crippen LogP) is 1.49. The van der Waals surface area contributed by atoms with Gasteiger partial charge in [0.2, 0.25) is 0 Å². The Hall–Kier alpha value is -1.74. The Bertz CT molecular complexity index is 552. The van der Waals surface area contributed by atoms with E-state index in [1.807, 2.05) is 30.3 Å². The summed E-state index contributed by atoms with van der Waals surface area (Å²) in [4.78, 5) is 16.1. The summed E-state index contributed by atoms with van der Waals surface area (Å²) in [6, 6.07) is 11.1. The topological polar surface area (TPSA) is 56.0 Å². The molecule has 82 valence electrons. The van der Waals surface area contributed by atoms with E-state index in [0.29, 0.717) is 18.7 Å². The zero-order chi connectivity index (χ0) is 11.4. The van der Waals surface area contributed by atoms with Crippen molar-refractivity contribution in [3.05, 3.63) is 52.3 Å². The molecule has 2 aromatic rings. The predicted molar refractivity (Wildman–Crippen MR) is 65.4 cm³/mol. The molecule has 0 spiro atoms. The zero-order valence-electron chi connectivity index (χ0n) is 9.02. The standard InChI is InChI=1S/C13H14N2O/c14-9-3-6-12-13(16)8-7-10-4-1-2-5-11(10)15-12/h1-2,4-5,7-8H,3,6,9,14H2. The van der Waals surface area contributed by atoms with Crippen molar-refractivity contribution in [1.82, 2.24) is 4.98 Å². The second kappa shape index (κ2) is 4.86. The third kappa shape index (κ3) is 2.25. The molecular formula is C13H14N2O. The summed E-state index contributed by atoms with van der Waals surface area (Å²) in [5.41, 5.74) is 6.89. The van der Waals surface area contributed by atoms with Crippen molar-refractivity contribution in [2.24, 2.45) is 5.73 Å². The Morgan fingerprint density at radius 1 is 1.12 bits per heavy atom. The van der Waals surface area contributed by atoms with Crippen molar-refractivity contribution in [2.75, 3.05) is 6.54 Å². The van der Waals surface area contributed by atoms with E-state index in [4.69, 9.17) is 5.73 Å². The highest BCUT2D eigenvalue weighted by Crippen LogP contribution is 2.08. The van der Waals surface area contributed by atoms with Crippen LogP contribution in [-0.4, -0.2) is 11.5 Å². The van der Waals surface area contributed by atoms with Gasteiger partial charge in [-0.05, 0) is 37.6 Å². The molecule has 1 heterocycles. The fourth-order valence-corrected chi connectivity index (χ4v) is 1.64. The van der Waals surface area contributed by atoms with Gasteiger partial charge in [-0.2, -0.15) is 0 Å². The van der Waals surface area contributed by atoms with Crippen LogP contribution in [0, 0.1) is 0 Å². The maximum Gasteiger partial charge on any atom is 0.200 e. The highest BCUT2D eigenvalue weighted by atomic mass is 16.1. The average molecular weight is 214 g/mol. The third-order valence-electron chi connectivity index (χ3n) is 2.51. The summed E-state index contributed by atoms with van der Waals surface area (Å²) in [6.45, 7) is 0.581. The number of rotatable bonds is 3. The fraction of sp³-hybridized carbons (Fsp3) is 0.231. The molecule has 3 heteroatoms. The number of aromatic nitrogens is 1. The molecule has 0 radical (unpaired) electrons. The van der Waals surface area contributed by atoms with Crippen molar-refractivity contribution < 1.29 is 0 Å². The molecule has 0 aliphatic carbocycles. The average Bonchev–Trinajstić information content (AvgIpc) is 2.47. The van der Waals surface area contributed by atoms with Gasteiger partial charge in [0.05, 0.1) is 11.2 Å². The molecule has 0 bridgehead atoms. The van der Waals surface area contributed by atoms with E-state index in [0.717, 1.165) is 17.3 Å². The van der Waals surface area contributed by atoms with Crippen molar-refractivity contribution in [2.45, 2.75) is 12.8 Å². The summed E-state index contributed by atoms with van der Waals surface area (Å²) in [5.74, 6) is 0. The maximum absolute atomic E-state index is 11.7. The van der Waals surface area contributed by atoms with E-state index in [2.05, 4.69) is 4.98 Å². The largest absolute Gasteiger partial charge is 0.330 e. The van der Waals surface area contributed by atoms with Crippen LogP contribution in [0.3, 0.4) is 0 Å². The Morgan fingerprint density at radius 2 is 1.94 bits per heavy atom. The van der Waals surface area contributed by atoms with Crippen LogP contribution in [-0.2, 0) is 6.42 Å². The first-order valence-corrected chi connectivity index (χ1v) is 5.40. The fourth-order valence-electron chi connectivity index (χ4n) is 1.64. The SMILES string of the molecule is NCCCc1nc2ccccc2ccc1=O. The Kier molecular flexibility index (Phi) is 3.27. The highest BCUT2D eigenvalue weighted by molar-refractivity contribution is 5.77. The van der Waals surface area contributed by atoms with Gasteiger partial charge in [-0.15, -0.1) is 0 Å². The molecule has 1 aromatic carbocycles. The zero-order valence-corrected chi connectivity index (χ0v) is 9.02. The van der Waals surface area contributed by atoms with Crippen LogP contribution >= 0.6 is 0 Å². The molecule has 0 amide bonds. The second-order valence-corrected chi connectivity index (χ2v) is 3.71. The van der Waals surface area contributed by atoms with E-state index in [-0.39, 0.29) is 5.43 Å². The van der Waals surface area contributed by atoms with Crippen LogP contribution in [0.4, 0.5) is 0 Å². The smallest absolute Gasteiger partial charge is 0.200 e. The van der Waals surface area contributed by atoms with Gasteiger partial charge in [0.15, 0.2) is 5.43 Å².